The van der Waals surface area contributed by atoms with Crippen LogP contribution < -0.4 is 0 Å². The summed E-state index contributed by atoms with van der Waals surface area (Å²) < 4.78 is 0. The average molecular weight is 763 g/mol. The van der Waals surface area contributed by atoms with Gasteiger partial charge in [-0.3, -0.25) is 9.97 Å². The summed E-state index contributed by atoms with van der Waals surface area (Å²) in [7, 11) is 0. The topological polar surface area (TPSA) is 76.0 Å². The van der Waals surface area contributed by atoms with Crippen LogP contribution in [0.5, 0.6) is 0 Å². The van der Waals surface area contributed by atoms with Crippen molar-refractivity contribution < 1.29 is 30.0 Å². The average Bonchev–Trinajstić information content (AvgIpc) is 3.09. The first kappa shape index (κ1) is 31.1. The van der Waals surface area contributed by atoms with E-state index in [-0.39, 0.29) is 25.8 Å². The first-order valence-electron chi connectivity index (χ1n) is 14.2. The van der Waals surface area contributed by atoms with Crippen molar-refractivity contribution in [3.8, 4) is 44.9 Å². The number of benzene rings is 4. The number of aromatic nitrogens is 3. The number of hydrogen-bond acceptors (Lipinski definition) is 4. The third-order valence-electron chi connectivity index (χ3n) is 7.16. The molecule has 0 aliphatic carbocycles. The van der Waals surface area contributed by atoms with E-state index in [1.54, 1.807) is 12.3 Å². The van der Waals surface area contributed by atoms with Gasteiger partial charge in [0.15, 0.2) is 0 Å². The van der Waals surface area contributed by atoms with Crippen molar-refractivity contribution in [1.29, 1.82) is 0 Å². The molecule has 0 saturated carbocycles. The van der Waals surface area contributed by atoms with Gasteiger partial charge < -0.3 is 5.11 Å². The number of rotatable bonds is 5. The molecule has 5 nitrogen and oxygen atoms in total. The second-order valence-electron chi connectivity index (χ2n) is 10.2. The zero-order valence-electron chi connectivity index (χ0n) is 24.4. The number of aromatic carboxylic acids is 1. The standard InChI is InChI=1S/C20H13N2.C19H15NO2.Ir/c1-2-9-18-15(6-1)11-13-22-20(18)17-8-5-7-16(14-17)19-10-3-4-12-21-19;1-13-7-9-14(10-8-13)16-11-17(15-5-3-2-4-6-15)20-18(12-16)19(21)22;/h1-13H;2-12H,1H3,(H,21,22);/q-1;;. The molecule has 0 unspecified atom stereocenters. The van der Waals surface area contributed by atoms with Crippen LogP contribution in [-0.4, -0.2) is 26.0 Å². The van der Waals surface area contributed by atoms with Crippen LogP contribution in [0, 0.1) is 13.0 Å². The molecule has 1 radical (unpaired) electrons. The third-order valence-corrected chi connectivity index (χ3v) is 7.16. The molecule has 4 aromatic carbocycles. The van der Waals surface area contributed by atoms with E-state index in [9.17, 15) is 9.90 Å². The molecule has 6 heteroatoms. The molecule has 0 aliphatic rings. The van der Waals surface area contributed by atoms with Crippen molar-refractivity contribution in [3.05, 3.63) is 163 Å². The van der Waals surface area contributed by atoms with E-state index in [1.165, 1.54) is 10.9 Å². The molecule has 221 valence electrons. The first-order chi connectivity index (χ1) is 21.5. The Kier molecular flexibility index (Phi) is 10.0. The third kappa shape index (κ3) is 7.44. The van der Waals surface area contributed by atoms with Gasteiger partial charge in [-0.25, -0.2) is 9.78 Å². The molecule has 7 aromatic rings. The van der Waals surface area contributed by atoms with Crippen LogP contribution in [0.15, 0.2) is 146 Å². The Morgan fingerprint density at radius 1 is 0.622 bits per heavy atom. The molecule has 0 bridgehead atoms. The van der Waals surface area contributed by atoms with Crippen molar-refractivity contribution in [2.24, 2.45) is 0 Å². The quantitative estimate of drug-likeness (QED) is 0.177. The number of aryl methyl sites for hydroxylation is 1. The molecular formula is C39H28IrN3O2-. The van der Waals surface area contributed by atoms with Gasteiger partial charge in [-0.1, -0.05) is 108 Å². The van der Waals surface area contributed by atoms with Crippen LogP contribution in [-0.2, 0) is 20.1 Å². The molecule has 0 atom stereocenters. The number of hydrogen-bond donors (Lipinski definition) is 1. The van der Waals surface area contributed by atoms with E-state index in [4.69, 9.17) is 0 Å². The smallest absolute Gasteiger partial charge is 0.354 e. The summed E-state index contributed by atoms with van der Waals surface area (Å²) in [6, 6.07) is 46.9. The van der Waals surface area contributed by atoms with Gasteiger partial charge in [0.1, 0.15) is 5.69 Å². The van der Waals surface area contributed by atoms with E-state index in [2.05, 4.69) is 33.2 Å². The minimum atomic E-state index is -1.02. The molecule has 0 saturated heterocycles. The van der Waals surface area contributed by atoms with Gasteiger partial charge >= 0.3 is 5.97 Å². The summed E-state index contributed by atoms with van der Waals surface area (Å²) in [5.41, 5.74) is 8.46. The second kappa shape index (κ2) is 14.5. The molecule has 0 amide bonds. The second-order valence-corrected chi connectivity index (χ2v) is 10.2. The summed E-state index contributed by atoms with van der Waals surface area (Å²) in [5, 5.41) is 11.6. The Morgan fingerprint density at radius 3 is 2.11 bits per heavy atom. The fraction of sp³-hybridized carbons (Fsp3) is 0.0256. The maximum Gasteiger partial charge on any atom is 0.354 e. The Bertz CT molecular complexity index is 2040. The summed E-state index contributed by atoms with van der Waals surface area (Å²) in [4.78, 5) is 24.6. The SMILES string of the molecule is Cc1ccc(-c2cc(C(=O)O)nc(-c3ccccc3)c2)cc1.[Ir].[c-]1c(-c2ccccn2)cccc1-c1nccc2ccccc12. The summed E-state index contributed by atoms with van der Waals surface area (Å²) in [6.45, 7) is 2.02. The number of carbonyl (C=O) groups is 1. The largest absolute Gasteiger partial charge is 0.477 e. The minimum absolute atomic E-state index is 0. The van der Waals surface area contributed by atoms with Crippen molar-refractivity contribution in [1.82, 2.24) is 15.0 Å². The zero-order valence-corrected chi connectivity index (χ0v) is 26.8. The monoisotopic (exact) mass is 763 g/mol. The van der Waals surface area contributed by atoms with E-state index in [0.29, 0.717) is 5.69 Å². The Hall–Kier alpha value is -5.29. The van der Waals surface area contributed by atoms with Gasteiger partial charge in [-0.15, -0.1) is 24.3 Å². The molecule has 1 N–H and O–H groups in total. The zero-order chi connectivity index (χ0) is 30.3. The maximum atomic E-state index is 11.4. The molecule has 3 heterocycles. The van der Waals surface area contributed by atoms with Gasteiger partial charge in [0.25, 0.3) is 0 Å². The first-order valence-corrected chi connectivity index (χ1v) is 14.2. The number of pyridine rings is 3. The number of carboxylic acids is 1. The molecule has 3 aromatic heterocycles. The van der Waals surface area contributed by atoms with Crippen molar-refractivity contribution in [2.45, 2.75) is 6.92 Å². The van der Waals surface area contributed by atoms with Crippen molar-refractivity contribution in [3.63, 3.8) is 0 Å². The molecular weight excluding hydrogens is 735 g/mol. The van der Waals surface area contributed by atoms with Crippen LogP contribution in [0.1, 0.15) is 16.1 Å². The fourth-order valence-corrected chi connectivity index (χ4v) is 4.92. The normalized spacial score (nSPS) is 10.3. The Balaban J connectivity index is 0.000000174. The van der Waals surface area contributed by atoms with Gasteiger partial charge in [0, 0.05) is 49.5 Å². The van der Waals surface area contributed by atoms with Gasteiger partial charge in [0.05, 0.1) is 5.69 Å². The van der Waals surface area contributed by atoms with Crippen LogP contribution in [0.4, 0.5) is 0 Å². The van der Waals surface area contributed by atoms with Crippen LogP contribution in [0.2, 0.25) is 0 Å². The van der Waals surface area contributed by atoms with Gasteiger partial charge in [0.2, 0.25) is 0 Å². The van der Waals surface area contributed by atoms with Crippen molar-refractivity contribution >= 4 is 16.7 Å². The molecule has 0 aliphatic heterocycles. The van der Waals surface area contributed by atoms with E-state index in [0.717, 1.165) is 44.6 Å². The van der Waals surface area contributed by atoms with Crippen molar-refractivity contribution in [2.75, 3.05) is 0 Å². The van der Waals surface area contributed by atoms with Crippen LogP contribution >= 0.6 is 0 Å². The molecule has 7 rings (SSSR count). The number of nitrogens with zero attached hydrogens (tertiary/aromatic N) is 3. The molecule has 45 heavy (non-hydrogen) atoms. The summed E-state index contributed by atoms with van der Waals surface area (Å²) in [5.74, 6) is -1.02. The van der Waals surface area contributed by atoms with E-state index < -0.39 is 5.97 Å². The minimum Gasteiger partial charge on any atom is -0.477 e. The Morgan fingerprint density at radius 2 is 1.36 bits per heavy atom. The van der Waals surface area contributed by atoms with E-state index in [1.807, 2.05) is 128 Å². The van der Waals surface area contributed by atoms with Crippen LogP contribution in [0.25, 0.3) is 55.7 Å². The number of carboxylic acid groups (broad SMARTS) is 1. The van der Waals surface area contributed by atoms with Gasteiger partial charge in [-0.2, -0.15) is 0 Å². The fourth-order valence-electron chi connectivity index (χ4n) is 4.92. The Labute approximate surface area is 275 Å². The van der Waals surface area contributed by atoms with E-state index >= 15 is 0 Å². The predicted octanol–water partition coefficient (Wildman–Crippen LogP) is 9.18. The maximum absolute atomic E-state index is 11.4. The summed E-state index contributed by atoms with van der Waals surface area (Å²) in [6.07, 6.45) is 3.64. The molecule has 0 fully saturated rings. The molecule has 0 spiro atoms. The number of fused-ring (bicyclic) bond motifs is 1. The van der Waals surface area contributed by atoms with Crippen LogP contribution in [0.3, 0.4) is 0 Å². The van der Waals surface area contributed by atoms with Gasteiger partial charge in [-0.05, 0) is 53.1 Å². The summed E-state index contributed by atoms with van der Waals surface area (Å²) >= 11 is 0. The predicted molar refractivity (Wildman–Crippen MR) is 176 cm³/mol.